The minimum Gasteiger partial charge on any atom is -0.335 e. The minimum absolute atomic E-state index is 0.142. The van der Waals surface area contributed by atoms with Crippen LogP contribution >= 0.6 is 0 Å². The van der Waals surface area contributed by atoms with Gasteiger partial charge in [-0.2, -0.15) is 4.98 Å². The highest BCUT2D eigenvalue weighted by molar-refractivity contribution is 5.41. The number of aromatic nitrogens is 2. The van der Waals surface area contributed by atoms with E-state index in [1.807, 2.05) is 26.8 Å². The minimum atomic E-state index is 0.142. The first-order valence-corrected chi connectivity index (χ1v) is 4.24. The van der Waals surface area contributed by atoms with Crippen molar-refractivity contribution in [3.8, 4) is 0 Å². The molecular weight excluding hydrogens is 164 g/mol. The van der Waals surface area contributed by atoms with E-state index in [1.165, 1.54) is 0 Å². The number of nitrogens with zero attached hydrogens (tertiary/aromatic N) is 2. The molecule has 1 aromatic heterocycles. The Morgan fingerprint density at radius 3 is 2.77 bits per heavy atom. The number of rotatable bonds is 3. The van der Waals surface area contributed by atoms with Crippen molar-refractivity contribution >= 4 is 6.08 Å². The summed E-state index contributed by atoms with van der Waals surface area (Å²) in [5, 5.41) is 3.84. The van der Waals surface area contributed by atoms with Crippen molar-refractivity contribution in [2.24, 2.45) is 0 Å². The van der Waals surface area contributed by atoms with Crippen molar-refractivity contribution in [3.05, 3.63) is 29.9 Å². The largest absolute Gasteiger partial charge is 0.335 e. The maximum atomic E-state index is 5.01. The predicted molar refractivity (Wildman–Crippen MR) is 52.2 cm³/mol. The van der Waals surface area contributed by atoms with Crippen LogP contribution in [0, 0.1) is 0 Å². The lowest BCUT2D eigenvalue weighted by molar-refractivity contribution is 0.401. The van der Waals surface area contributed by atoms with Gasteiger partial charge in [0, 0.05) is 12.0 Å². The summed E-state index contributed by atoms with van der Waals surface area (Å²) in [6.45, 7) is 9.62. The van der Waals surface area contributed by atoms with Gasteiger partial charge in [-0.05, 0) is 13.8 Å². The van der Waals surface area contributed by atoms with E-state index in [2.05, 4.69) is 16.7 Å². The molecule has 0 bridgehead atoms. The van der Waals surface area contributed by atoms with Gasteiger partial charge in [0.2, 0.25) is 0 Å². The zero-order valence-corrected chi connectivity index (χ0v) is 8.24. The molecule has 0 aliphatic carbocycles. The van der Waals surface area contributed by atoms with Crippen LogP contribution in [0.2, 0.25) is 0 Å². The molecule has 0 aromatic carbocycles. The number of hydrogen-bond acceptors (Lipinski definition) is 3. The standard InChI is InChI=1S/C10H14N2O/c1-5-8(4)10-11-9(13-12-10)6-7(2)3/h5-6,8H,1H2,2-4H3. The molecule has 1 atom stereocenters. The van der Waals surface area contributed by atoms with E-state index in [4.69, 9.17) is 4.52 Å². The van der Waals surface area contributed by atoms with Gasteiger partial charge >= 0.3 is 0 Å². The van der Waals surface area contributed by atoms with Gasteiger partial charge in [0.15, 0.2) is 5.82 Å². The Morgan fingerprint density at radius 2 is 2.23 bits per heavy atom. The second-order valence-corrected chi connectivity index (χ2v) is 3.24. The van der Waals surface area contributed by atoms with Crippen LogP contribution in [0.3, 0.4) is 0 Å². The molecule has 0 saturated heterocycles. The molecule has 0 saturated carbocycles. The fraction of sp³-hybridized carbons (Fsp3) is 0.400. The van der Waals surface area contributed by atoms with E-state index in [0.29, 0.717) is 11.7 Å². The quantitative estimate of drug-likeness (QED) is 0.668. The molecule has 1 rings (SSSR count). The Balaban J connectivity index is 2.86. The third-order valence-electron chi connectivity index (χ3n) is 1.63. The third kappa shape index (κ3) is 2.54. The van der Waals surface area contributed by atoms with Gasteiger partial charge in [-0.15, -0.1) is 6.58 Å². The van der Waals surface area contributed by atoms with E-state index >= 15 is 0 Å². The summed E-state index contributed by atoms with van der Waals surface area (Å²) in [7, 11) is 0. The van der Waals surface area contributed by atoms with Crippen LogP contribution in [0.4, 0.5) is 0 Å². The molecule has 3 nitrogen and oxygen atoms in total. The lowest BCUT2D eigenvalue weighted by atomic mass is 10.2. The summed E-state index contributed by atoms with van der Waals surface area (Å²) in [6, 6.07) is 0. The first-order valence-electron chi connectivity index (χ1n) is 4.24. The smallest absolute Gasteiger partial charge is 0.250 e. The van der Waals surface area contributed by atoms with Gasteiger partial charge in [-0.3, -0.25) is 0 Å². The third-order valence-corrected chi connectivity index (χ3v) is 1.63. The monoisotopic (exact) mass is 178 g/mol. The van der Waals surface area contributed by atoms with Crippen LogP contribution in [0.5, 0.6) is 0 Å². The lowest BCUT2D eigenvalue weighted by Crippen LogP contribution is -1.90. The molecule has 0 aliphatic rings. The molecule has 1 aromatic rings. The van der Waals surface area contributed by atoms with Crippen LogP contribution < -0.4 is 0 Å². The predicted octanol–water partition coefficient (Wildman–Crippen LogP) is 2.78. The van der Waals surface area contributed by atoms with Crippen LogP contribution in [0.15, 0.2) is 22.8 Å². The molecule has 13 heavy (non-hydrogen) atoms. The fourth-order valence-electron chi connectivity index (χ4n) is 0.843. The summed E-state index contributed by atoms with van der Waals surface area (Å²) in [5.74, 6) is 1.38. The molecule has 0 fully saturated rings. The van der Waals surface area contributed by atoms with Gasteiger partial charge in [0.1, 0.15) is 0 Å². The SMILES string of the molecule is C=CC(C)c1noc(C=C(C)C)n1. The summed E-state index contributed by atoms with van der Waals surface area (Å²) >= 11 is 0. The molecule has 0 radical (unpaired) electrons. The van der Waals surface area contributed by atoms with E-state index in [-0.39, 0.29) is 5.92 Å². The van der Waals surface area contributed by atoms with E-state index in [0.717, 1.165) is 5.57 Å². The molecule has 70 valence electrons. The summed E-state index contributed by atoms with van der Waals surface area (Å²) in [6.07, 6.45) is 3.64. The normalized spacial score (nSPS) is 12.2. The Labute approximate surface area is 78.2 Å². The van der Waals surface area contributed by atoms with Crippen LogP contribution in [-0.2, 0) is 0 Å². The van der Waals surface area contributed by atoms with Gasteiger partial charge in [0.25, 0.3) is 5.89 Å². The highest BCUT2D eigenvalue weighted by Crippen LogP contribution is 2.13. The van der Waals surface area contributed by atoms with Gasteiger partial charge < -0.3 is 4.52 Å². The fourth-order valence-corrected chi connectivity index (χ4v) is 0.843. The Hall–Kier alpha value is -1.38. The molecular formula is C10H14N2O. The molecule has 1 unspecified atom stereocenters. The van der Waals surface area contributed by atoms with Crippen LogP contribution in [-0.4, -0.2) is 10.1 Å². The second-order valence-electron chi connectivity index (χ2n) is 3.24. The highest BCUT2D eigenvalue weighted by Gasteiger charge is 2.08. The van der Waals surface area contributed by atoms with E-state index < -0.39 is 0 Å². The van der Waals surface area contributed by atoms with E-state index in [1.54, 1.807) is 6.08 Å². The van der Waals surface area contributed by atoms with Gasteiger partial charge in [-0.1, -0.05) is 23.7 Å². The molecule has 0 amide bonds. The Bertz CT molecular complexity index is 321. The zero-order valence-electron chi connectivity index (χ0n) is 8.24. The van der Waals surface area contributed by atoms with Crippen LogP contribution in [0.1, 0.15) is 38.4 Å². The second kappa shape index (κ2) is 4.03. The van der Waals surface area contributed by atoms with Crippen molar-refractivity contribution in [2.45, 2.75) is 26.7 Å². The highest BCUT2D eigenvalue weighted by atomic mass is 16.5. The maximum Gasteiger partial charge on any atom is 0.250 e. The molecule has 0 N–H and O–H groups in total. The topological polar surface area (TPSA) is 38.9 Å². The summed E-state index contributed by atoms with van der Waals surface area (Å²) in [4.78, 5) is 4.20. The molecule has 0 aliphatic heterocycles. The average molecular weight is 178 g/mol. The van der Waals surface area contributed by atoms with Crippen molar-refractivity contribution in [3.63, 3.8) is 0 Å². The number of hydrogen-bond donors (Lipinski definition) is 0. The van der Waals surface area contributed by atoms with Crippen molar-refractivity contribution in [1.29, 1.82) is 0 Å². The zero-order chi connectivity index (χ0) is 9.84. The molecule has 1 heterocycles. The molecule has 0 spiro atoms. The lowest BCUT2D eigenvalue weighted by Gasteiger charge is -1.94. The first kappa shape index (κ1) is 9.71. The van der Waals surface area contributed by atoms with Gasteiger partial charge in [0.05, 0.1) is 0 Å². The summed E-state index contributed by atoms with van der Waals surface area (Å²) < 4.78 is 5.01. The first-order chi connectivity index (χ1) is 6.13. The maximum absolute atomic E-state index is 5.01. The van der Waals surface area contributed by atoms with Gasteiger partial charge in [-0.25, -0.2) is 0 Å². The average Bonchev–Trinajstić information content (AvgIpc) is 2.50. The molecule has 3 heteroatoms. The van der Waals surface area contributed by atoms with Crippen molar-refractivity contribution < 1.29 is 4.52 Å². The Kier molecular flexibility index (Phi) is 3.01. The van der Waals surface area contributed by atoms with E-state index in [9.17, 15) is 0 Å². The number of allylic oxidation sites excluding steroid dienone is 2. The van der Waals surface area contributed by atoms with Crippen LogP contribution in [0.25, 0.3) is 6.08 Å². The van der Waals surface area contributed by atoms with Crippen molar-refractivity contribution in [1.82, 2.24) is 10.1 Å². The summed E-state index contributed by atoms with van der Waals surface area (Å²) in [5.41, 5.74) is 1.14. The van der Waals surface area contributed by atoms with Crippen molar-refractivity contribution in [2.75, 3.05) is 0 Å². The Morgan fingerprint density at radius 1 is 1.54 bits per heavy atom.